The molecule has 0 atom stereocenters. The van der Waals surface area contributed by atoms with Crippen LogP contribution in [-0.4, -0.2) is 27.5 Å². The summed E-state index contributed by atoms with van der Waals surface area (Å²) >= 11 is 7.11. The summed E-state index contributed by atoms with van der Waals surface area (Å²) in [5.41, 5.74) is 9.29. The summed E-state index contributed by atoms with van der Waals surface area (Å²) in [6.45, 7) is 0.954. The van der Waals surface area contributed by atoms with Gasteiger partial charge in [0.05, 0.1) is 5.56 Å². The number of aryl methyl sites for hydroxylation is 2. The number of aromatic nitrogens is 1. The zero-order valence-corrected chi connectivity index (χ0v) is 12.8. The first kappa shape index (κ1) is 13.2. The average molecular weight is 293 g/mol. The fraction of sp³-hybridized carbons (Fsp3) is 0.571. The molecule has 3 rings (SSSR count). The molecule has 102 valence electrons. The number of nitrogens with zero attached hydrogens (tertiary/aromatic N) is 1. The van der Waals surface area contributed by atoms with Crippen molar-refractivity contribution in [3.63, 3.8) is 0 Å². The summed E-state index contributed by atoms with van der Waals surface area (Å²) in [5, 5.41) is 3.48. The highest BCUT2D eigenvalue weighted by molar-refractivity contribution is 8.00. The average Bonchev–Trinajstić information content (AvgIpc) is 3.05. The Morgan fingerprint density at radius 1 is 1.53 bits per heavy atom. The number of fused-ring (bicyclic) bond motifs is 1. The predicted octanol–water partition coefficient (Wildman–Crippen LogP) is 2.51. The minimum absolute atomic E-state index is 0.411. The highest BCUT2D eigenvalue weighted by Crippen LogP contribution is 2.47. The van der Waals surface area contributed by atoms with Gasteiger partial charge in [0.25, 0.3) is 0 Å². The second kappa shape index (κ2) is 4.94. The van der Waals surface area contributed by atoms with Crippen molar-refractivity contribution in [3.8, 4) is 0 Å². The van der Waals surface area contributed by atoms with Crippen LogP contribution in [0, 0.1) is 0 Å². The van der Waals surface area contributed by atoms with Crippen molar-refractivity contribution in [2.75, 3.05) is 18.1 Å². The molecule has 1 aromatic heterocycles. The number of pyridine rings is 1. The van der Waals surface area contributed by atoms with Gasteiger partial charge in [-0.05, 0) is 50.0 Å². The van der Waals surface area contributed by atoms with Crippen molar-refractivity contribution < 1.29 is 0 Å². The van der Waals surface area contributed by atoms with Crippen LogP contribution in [0.25, 0.3) is 0 Å². The Bertz CT molecular complexity index is 524. The second-order valence-corrected chi connectivity index (χ2v) is 7.16. The van der Waals surface area contributed by atoms with Crippen LogP contribution < -0.4 is 11.1 Å². The van der Waals surface area contributed by atoms with Gasteiger partial charge in [0, 0.05) is 17.0 Å². The molecule has 19 heavy (non-hydrogen) atoms. The van der Waals surface area contributed by atoms with E-state index in [1.807, 2.05) is 11.8 Å². The molecule has 0 aliphatic heterocycles. The topological polar surface area (TPSA) is 50.9 Å². The number of rotatable bonds is 5. The molecule has 1 fully saturated rings. The van der Waals surface area contributed by atoms with Gasteiger partial charge in [-0.15, -0.1) is 0 Å². The van der Waals surface area contributed by atoms with E-state index in [4.69, 9.17) is 22.9 Å². The Labute approximate surface area is 123 Å². The zero-order chi connectivity index (χ0) is 13.5. The van der Waals surface area contributed by atoms with E-state index in [-0.39, 0.29) is 0 Å². The molecular formula is C14H19N3S2. The maximum Gasteiger partial charge on any atom is 0.136 e. The maximum absolute atomic E-state index is 5.84. The molecule has 5 heteroatoms. The zero-order valence-electron chi connectivity index (χ0n) is 11.2. The number of nitrogens with two attached hydrogens (primary N) is 1. The molecule has 0 radical (unpaired) electrons. The Hall–Kier alpha value is -0.810. The van der Waals surface area contributed by atoms with Crippen LogP contribution >= 0.6 is 24.0 Å². The summed E-state index contributed by atoms with van der Waals surface area (Å²) in [4.78, 5) is 5.19. The van der Waals surface area contributed by atoms with E-state index >= 15 is 0 Å². The van der Waals surface area contributed by atoms with Gasteiger partial charge in [-0.1, -0.05) is 12.2 Å². The molecule has 1 heterocycles. The molecule has 3 N–H and O–H groups in total. The van der Waals surface area contributed by atoms with E-state index < -0.39 is 0 Å². The molecule has 2 aliphatic carbocycles. The Kier molecular flexibility index (Phi) is 3.43. The Morgan fingerprint density at radius 2 is 2.32 bits per heavy atom. The molecular weight excluding hydrogens is 274 g/mol. The third-order valence-corrected chi connectivity index (χ3v) is 5.77. The van der Waals surface area contributed by atoms with Crippen LogP contribution in [0.2, 0.25) is 0 Å². The number of nitrogens with one attached hydrogen (secondary N) is 1. The number of hydrogen-bond donors (Lipinski definition) is 2. The van der Waals surface area contributed by atoms with E-state index in [0.29, 0.717) is 9.74 Å². The first-order valence-electron chi connectivity index (χ1n) is 6.75. The summed E-state index contributed by atoms with van der Waals surface area (Å²) in [7, 11) is 0. The van der Waals surface area contributed by atoms with Crippen molar-refractivity contribution in [1.29, 1.82) is 0 Å². The molecule has 3 nitrogen and oxygen atoms in total. The van der Waals surface area contributed by atoms with E-state index in [1.54, 1.807) is 0 Å². The third kappa shape index (κ3) is 2.58. The van der Waals surface area contributed by atoms with E-state index in [0.717, 1.165) is 30.8 Å². The fourth-order valence-electron chi connectivity index (χ4n) is 2.63. The van der Waals surface area contributed by atoms with Crippen LogP contribution in [0.3, 0.4) is 0 Å². The summed E-state index contributed by atoms with van der Waals surface area (Å²) in [6.07, 6.45) is 8.13. The second-order valence-electron chi connectivity index (χ2n) is 5.45. The van der Waals surface area contributed by atoms with Crippen molar-refractivity contribution >= 4 is 34.8 Å². The van der Waals surface area contributed by atoms with Crippen molar-refractivity contribution in [2.24, 2.45) is 5.73 Å². The third-order valence-electron chi connectivity index (χ3n) is 4.13. The first-order valence-corrected chi connectivity index (χ1v) is 8.38. The number of anilines is 1. The molecule has 0 unspecified atom stereocenters. The molecule has 0 spiro atoms. The van der Waals surface area contributed by atoms with Crippen LogP contribution in [-0.2, 0) is 12.8 Å². The quantitative estimate of drug-likeness (QED) is 0.817. The van der Waals surface area contributed by atoms with Crippen LogP contribution in [0.4, 0.5) is 5.82 Å². The molecule has 1 saturated carbocycles. The Morgan fingerprint density at radius 3 is 2.95 bits per heavy atom. The lowest BCUT2D eigenvalue weighted by molar-refractivity contribution is 0.896. The largest absolute Gasteiger partial charge is 0.389 e. The van der Waals surface area contributed by atoms with Gasteiger partial charge in [-0.3, -0.25) is 0 Å². The van der Waals surface area contributed by atoms with Crippen LogP contribution in [0.1, 0.15) is 36.1 Å². The SMILES string of the molecule is CSC1(CNc2nc3c(cc2C(N)=S)CCC3)CC1. The normalized spacial score (nSPS) is 19.0. The van der Waals surface area contributed by atoms with Gasteiger partial charge in [0.1, 0.15) is 10.8 Å². The monoisotopic (exact) mass is 293 g/mol. The minimum Gasteiger partial charge on any atom is -0.389 e. The highest BCUT2D eigenvalue weighted by atomic mass is 32.2. The molecule has 0 saturated heterocycles. The molecule has 2 aliphatic rings. The highest BCUT2D eigenvalue weighted by Gasteiger charge is 2.41. The lowest BCUT2D eigenvalue weighted by Gasteiger charge is -2.17. The Balaban J connectivity index is 1.84. The summed E-state index contributed by atoms with van der Waals surface area (Å²) in [6, 6.07) is 2.14. The lowest BCUT2D eigenvalue weighted by atomic mass is 10.1. The maximum atomic E-state index is 5.84. The van der Waals surface area contributed by atoms with Gasteiger partial charge in [0.2, 0.25) is 0 Å². The summed E-state index contributed by atoms with van der Waals surface area (Å²) in [5.74, 6) is 0.883. The van der Waals surface area contributed by atoms with E-state index in [2.05, 4.69) is 17.6 Å². The van der Waals surface area contributed by atoms with Crippen LogP contribution in [0.5, 0.6) is 0 Å². The lowest BCUT2D eigenvalue weighted by Crippen LogP contribution is -2.22. The van der Waals surface area contributed by atoms with Gasteiger partial charge < -0.3 is 11.1 Å². The predicted molar refractivity (Wildman–Crippen MR) is 86.1 cm³/mol. The molecule has 0 aromatic carbocycles. The molecule has 0 bridgehead atoms. The van der Waals surface area contributed by atoms with Gasteiger partial charge in [0.15, 0.2) is 0 Å². The number of hydrogen-bond acceptors (Lipinski definition) is 4. The first-order chi connectivity index (χ1) is 9.13. The van der Waals surface area contributed by atoms with Gasteiger partial charge in [-0.2, -0.15) is 11.8 Å². The smallest absolute Gasteiger partial charge is 0.136 e. The van der Waals surface area contributed by atoms with Crippen molar-refractivity contribution in [3.05, 3.63) is 22.9 Å². The molecule has 1 aromatic rings. The van der Waals surface area contributed by atoms with Crippen molar-refractivity contribution in [1.82, 2.24) is 4.98 Å². The number of thioether (sulfide) groups is 1. The van der Waals surface area contributed by atoms with Gasteiger partial charge >= 0.3 is 0 Å². The standard InChI is InChI=1S/C14H19N3S2/c1-19-14(5-6-14)8-16-13-10(12(15)18)7-9-3-2-4-11(9)17-13/h7H,2-6,8H2,1H3,(H2,15,18)(H,16,17). The van der Waals surface area contributed by atoms with Crippen LogP contribution in [0.15, 0.2) is 6.07 Å². The molecule has 0 amide bonds. The van der Waals surface area contributed by atoms with Crippen molar-refractivity contribution in [2.45, 2.75) is 36.9 Å². The van der Waals surface area contributed by atoms with Gasteiger partial charge in [-0.25, -0.2) is 4.98 Å². The minimum atomic E-state index is 0.411. The fourth-order valence-corrected chi connectivity index (χ4v) is 3.51. The van der Waals surface area contributed by atoms with E-state index in [9.17, 15) is 0 Å². The van der Waals surface area contributed by atoms with E-state index in [1.165, 1.54) is 30.5 Å². The summed E-state index contributed by atoms with van der Waals surface area (Å²) < 4.78 is 0.411. The number of thiocarbonyl (C=S) groups is 1.